The lowest BCUT2D eigenvalue weighted by atomic mass is 10.2. The zero-order valence-electron chi connectivity index (χ0n) is 14.1. The minimum atomic E-state index is -1.56. The molecule has 0 spiro atoms. The first-order valence-electron chi connectivity index (χ1n) is 8.42. The van der Waals surface area contributed by atoms with E-state index in [1.54, 1.807) is 4.57 Å². The maximum Gasteiger partial charge on any atom is 0.312 e. The normalized spacial score (nSPS) is 17.4. The van der Waals surface area contributed by atoms with Crippen molar-refractivity contribution in [2.45, 2.75) is 32.0 Å². The molecule has 0 bridgehead atoms. The zero-order chi connectivity index (χ0) is 19.0. The van der Waals surface area contributed by atoms with Gasteiger partial charge in [0.15, 0.2) is 34.4 Å². The van der Waals surface area contributed by atoms with E-state index in [1.807, 2.05) is 0 Å². The van der Waals surface area contributed by atoms with Crippen molar-refractivity contribution in [3.8, 4) is 0 Å². The van der Waals surface area contributed by atoms with Crippen LogP contribution in [0.5, 0.6) is 0 Å². The van der Waals surface area contributed by atoms with Crippen molar-refractivity contribution in [1.82, 2.24) is 19.5 Å². The molecule has 27 heavy (non-hydrogen) atoms. The van der Waals surface area contributed by atoms with E-state index in [4.69, 9.17) is 4.74 Å². The molecule has 1 fully saturated rings. The molecule has 10 heteroatoms. The summed E-state index contributed by atoms with van der Waals surface area (Å²) in [6, 6.07) is 1.92. The number of imidazole rings is 1. The number of anilines is 1. The summed E-state index contributed by atoms with van der Waals surface area (Å²) in [7, 11) is 0. The molecule has 142 valence electrons. The summed E-state index contributed by atoms with van der Waals surface area (Å²) in [4.78, 5) is 11.6. The number of halogens is 4. The van der Waals surface area contributed by atoms with E-state index in [2.05, 4.69) is 20.3 Å². The van der Waals surface area contributed by atoms with Crippen LogP contribution < -0.4 is 5.32 Å². The Balaban J connectivity index is 1.64. The molecule has 0 saturated carbocycles. The van der Waals surface area contributed by atoms with Crippen LogP contribution in [0.1, 0.15) is 31.1 Å². The second-order valence-corrected chi connectivity index (χ2v) is 6.17. The zero-order valence-corrected chi connectivity index (χ0v) is 14.1. The summed E-state index contributed by atoms with van der Waals surface area (Å²) >= 11 is 0. The molecule has 3 aromatic rings. The molecule has 2 aromatic heterocycles. The second kappa shape index (κ2) is 7.10. The smallest absolute Gasteiger partial charge is 0.312 e. The van der Waals surface area contributed by atoms with Gasteiger partial charge in [-0.1, -0.05) is 6.07 Å². The number of hydrogen-bond acceptors (Lipinski definition) is 5. The third-order valence-electron chi connectivity index (χ3n) is 4.42. The van der Waals surface area contributed by atoms with Gasteiger partial charge in [0.25, 0.3) is 0 Å². The minimum Gasteiger partial charge on any atom is -0.364 e. The summed E-state index contributed by atoms with van der Waals surface area (Å²) in [5.41, 5.74) is 0.382. The fourth-order valence-electron chi connectivity index (χ4n) is 3.05. The molecule has 1 aliphatic rings. The van der Waals surface area contributed by atoms with Crippen LogP contribution in [0.3, 0.4) is 0 Å². The number of hydrogen-bond donors (Lipinski definition) is 1. The van der Waals surface area contributed by atoms with Crippen molar-refractivity contribution in [2.75, 3.05) is 11.9 Å². The van der Waals surface area contributed by atoms with Crippen molar-refractivity contribution in [1.29, 1.82) is 0 Å². The van der Waals surface area contributed by atoms with Gasteiger partial charge >= 0.3 is 6.08 Å². The van der Waals surface area contributed by atoms with Gasteiger partial charge in [0.2, 0.25) is 0 Å². The topological polar surface area (TPSA) is 64.9 Å². The number of nitrogens with one attached hydrogen (secondary N) is 1. The predicted octanol–water partition coefficient (Wildman–Crippen LogP) is 3.69. The minimum absolute atomic E-state index is 0.0243. The summed E-state index contributed by atoms with van der Waals surface area (Å²) in [5, 5.41) is 2.71. The van der Waals surface area contributed by atoms with Crippen molar-refractivity contribution in [2.24, 2.45) is 0 Å². The van der Waals surface area contributed by atoms with Crippen LogP contribution in [0.4, 0.5) is 23.4 Å². The van der Waals surface area contributed by atoms with E-state index >= 15 is 0 Å². The second-order valence-electron chi connectivity index (χ2n) is 6.17. The molecule has 3 heterocycles. The van der Waals surface area contributed by atoms with Crippen LogP contribution in [0, 0.1) is 23.5 Å². The number of ether oxygens (including phenoxy) is 1. The predicted molar refractivity (Wildman–Crippen MR) is 87.8 cm³/mol. The Hall–Kier alpha value is -2.75. The molecule has 1 atom stereocenters. The molecule has 6 nitrogen and oxygen atoms in total. The standard InChI is InChI=1S/C17H15F4N5O/c18-10-5-4-9(12(19)13(10)20)7-22-15-14-16(25-17(21)24-15)26(8-23-14)11-3-1-2-6-27-11/h4-5,8,11H,1-3,6-7H2,(H,22,24,25). The van der Waals surface area contributed by atoms with Crippen molar-refractivity contribution >= 4 is 17.0 Å². The van der Waals surface area contributed by atoms with E-state index < -0.39 is 23.5 Å². The van der Waals surface area contributed by atoms with Gasteiger partial charge in [-0.25, -0.2) is 18.2 Å². The molecule has 0 aliphatic carbocycles. The third kappa shape index (κ3) is 3.32. The van der Waals surface area contributed by atoms with Gasteiger partial charge in [-0.15, -0.1) is 0 Å². The van der Waals surface area contributed by atoms with Gasteiger partial charge in [0.1, 0.15) is 6.23 Å². The van der Waals surface area contributed by atoms with Gasteiger partial charge in [-0.3, -0.25) is 4.57 Å². The summed E-state index contributed by atoms with van der Waals surface area (Å²) < 4.78 is 61.4. The highest BCUT2D eigenvalue weighted by Gasteiger charge is 2.21. The highest BCUT2D eigenvalue weighted by Crippen LogP contribution is 2.28. The monoisotopic (exact) mass is 381 g/mol. The Kier molecular flexibility index (Phi) is 4.65. The number of fused-ring (bicyclic) bond motifs is 1. The van der Waals surface area contributed by atoms with Crippen LogP contribution in [0.15, 0.2) is 18.5 Å². The van der Waals surface area contributed by atoms with Gasteiger partial charge in [-0.2, -0.15) is 14.4 Å². The molecule has 0 radical (unpaired) electrons. The lowest BCUT2D eigenvalue weighted by Gasteiger charge is -2.23. The molecule has 1 aliphatic heterocycles. The number of nitrogens with zero attached hydrogens (tertiary/aromatic N) is 4. The Labute approximate surface area is 151 Å². The number of aromatic nitrogens is 4. The van der Waals surface area contributed by atoms with E-state index in [9.17, 15) is 17.6 Å². The summed E-state index contributed by atoms with van der Waals surface area (Å²) in [6.07, 6.45) is 2.87. The summed E-state index contributed by atoms with van der Waals surface area (Å²) in [6.45, 7) is 0.361. The third-order valence-corrected chi connectivity index (χ3v) is 4.42. The highest BCUT2D eigenvalue weighted by molar-refractivity contribution is 5.82. The van der Waals surface area contributed by atoms with E-state index in [0.29, 0.717) is 6.61 Å². The molecule has 1 saturated heterocycles. The molecule has 1 unspecified atom stereocenters. The molecule has 1 N–H and O–H groups in total. The van der Waals surface area contributed by atoms with Crippen LogP contribution in [0.2, 0.25) is 0 Å². The Morgan fingerprint density at radius 3 is 2.74 bits per heavy atom. The number of rotatable bonds is 4. The average Bonchev–Trinajstić information content (AvgIpc) is 3.10. The molecule has 1 aromatic carbocycles. The van der Waals surface area contributed by atoms with Crippen LogP contribution in [-0.4, -0.2) is 26.1 Å². The van der Waals surface area contributed by atoms with Gasteiger partial charge < -0.3 is 10.1 Å². The SMILES string of the molecule is Fc1nc(NCc2ccc(F)c(F)c2F)c2ncn(C3CCCCO3)c2n1. The van der Waals surface area contributed by atoms with Crippen LogP contribution in [0.25, 0.3) is 11.2 Å². The van der Waals surface area contributed by atoms with E-state index in [-0.39, 0.29) is 35.3 Å². The average molecular weight is 381 g/mol. The quantitative estimate of drug-likeness (QED) is 0.424. The van der Waals surface area contributed by atoms with Crippen molar-refractivity contribution < 1.29 is 22.3 Å². The molecule has 0 amide bonds. The van der Waals surface area contributed by atoms with Crippen LogP contribution in [-0.2, 0) is 11.3 Å². The first kappa shape index (κ1) is 17.7. The first-order valence-corrected chi connectivity index (χ1v) is 8.42. The fraction of sp³-hybridized carbons (Fsp3) is 0.353. The Morgan fingerprint density at radius 1 is 1.11 bits per heavy atom. The van der Waals surface area contributed by atoms with Gasteiger partial charge in [0.05, 0.1) is 6.33 Å². The van der Waals surface area contributed by atoms with Gasteiger partial charge in [-0.05, 0) is 25.3 Å². The maximum atomic E-state index is 13.9. The first-order chi connectivity index (χ1) is 13.0. The summed E-state index contributed by atoms with van der Waals surface area (Å²) in [5.74, 6) is -4.13. The van der Waals surface area contributed by atoms with Gasteiger partial charge in [0, 0.05) is 18.7 Å². The van der Waals surface area contributed by atoms with E-state index in [0.717, 1.165) is 31.4 Å². The molecular formula is C17H15F4N5O. The molecular weight excluding hydrogens is 366 g/mol. The molecule has 4 rings (SSSR count). The highest BCUT2D eigenvalue weighted by atomic mass is 19.2. The lowest BCUT2D eigenvalue weighted by molar-refractivity contribution is -0.0298. The Morgan fingerprint density at radius 2 is 1.96 bits per heavy atom. The largest absolute Gasteiger partial charge is 0.364 e. The Bertz CT molecular complexity index is 987. The van der Waals surface area contributed by atoms with E-state index in [1.165, 1.54) is 6.33 Å². The lowest BCUT2D eigenvalue weighted by Crippen LogP contribution is -2.18. The van der Waals surface area contributed by atoms with Crippen molar-refractivity contribution in [3.05, 3.63) is 47.6 Å². The maximum absolute atomic E-state index is 13.9. The van der Waals surface area contributed by atoms with Crippen LogP contribution >= 0.6 is 0 Å². The van der Waals surface area contributed by atoms with Crippen molar-refractivity contribution in [3.63, 3.8) is 0 Å². The fourth-order valence-corrected chi connectivity index (χ4v) is 3.05. The number of benzene rings is 1.